The van der Waals surface area contributed by atoms with Crippen molar-refractivity contribution >= 4 is 47.5 Å². The van der Waals surface area contributed by atoms with Crippen LogP contribution in [-0.4, -0.2) is 56.6 Å². The Balaban J connectivity index is 1.99. The van der Waals surface area contributed by atoms with Crippen molar-refractivity contribution in [3.63, 3.8) is 0 Å². The number of esters is 2. The van der Waals surface area contributed by atoms with Gasteiger partial charge in [-0.2, -0.15) is 0 Å². The number of halogens is 2. The van der Waals surface area contributed by atoms with E-state index in [4.69, 9.17) is 15.2 Å². The largest absolute Gasteiger partial charge is 0.462 e. The van der Waals surface area contributed by atoms with E-state index in [2.05, 4.69) is 12.2 Å². The fourth-order valence-electron chi connectivity index (χ4n) is 4.85. The quantitative estimate of drug-likeness (QED) is 0.239. The average Bonchev–Trinajstić information content (AvgIpc) is 2.85. The number of rotatable bonds is 9. The number of hydrogen-bond acceptors (Lipinski definition) is 8. The van der Waals surface area contributed by atoms with Gasteiger partial charge in [-0.05, 0) is 43.6 Å². The van der Waals surface area contributed by atoms with Crippen molar-refractivity contribution in [3.8, 4) is 5.69 Å². The highest BCUT2D eigenvalue weighted by Crippen LogP contribution is 2.30. The van der Waals surface area contributed by atoms with Crippen molar-refractivity contribution in [2.24, 2.45) is 0 Å². The number of nitrogens with zero attached hydrogens (tertiary/aromatic N) is 2. The van der Waals surface area contributed by atoms with Gasteiger partial charge < -0.3 is 30.0 Å². The number of nitrogens with one attached hydrogen (secondary N) is 1. The Labute approximate surface area is 225 Å². The summed E-state index contributed by atoms with van der Waals surface area (Å²) in [6.07, 6.45) is 2.26. The number of carbonyl (C=O) groups is 2. The number of nitrogens with two attached hydrogens (primary N) is 1. The molecule has 0 atom stereocenters. The molecule has 0 radical (unpaired) electrons. The molecule has 1 saturated heterocycles. The third-order valence-corrected chi connectivity index (χ3v) is 6.72. The number of pyridine rings is 1. The van der Waals surface area contributed by atoms with Crippen LogP contribution in [0.5, 0.6) is 0 Å². The third-order valence-electron chi connectivity index (χ3n) is 6.72. The van der Waals surface area contributed by atoms with Crippen molar-refractivity contribution in [3.05, 3.63) is 57.4 Å². The molecule has 2 aromatic carbocycles. The summed E-state index contributed by atoms with van der Waals surface area (Å²) in [5, 5.41) is 3.35. The molecule has 3 aromatic rings. The number of fused-ring (bicyclic) bond motifs is 1. The van der Waals surface area contributed by atoms with Crippen LogP contribution in [-0.2, 0) is 20.9 Å². The predicted octanol–water partition coefficient (Wildman–Crippen LogP) is 1.54. The molecule has 3 N–H and O–H groups in total. The van der Waals surface area contributed by atoms with Crippen LogP contribution in [0.2, 0.25) is 0 Å². The van der Waals surface area contributed by atoms with Gasteiger partial charge in [0.2, 0.25) is 5.43 Å². The first-order chi connectivity index (χ1) is 18.6. The van der Waals surface area contributed by atoms with Crippen LogP contribution in [0.15, 0.2) is 29.2 Å². The monoisotopic (exact) mass is 540 g/mol. The molecule has 39 heavy (non-hydrogen) atoms. The number of carbonyl (C=O) groups excluding carboxylic acids is 2. The highest BCUT2D eigenvalue weighted by molar-refractivity contribution is 6.42. The van der Waals surface area contributed by atoms with Gasteiger partial charge in [-0.3, -0.25) is 9.59 Å². The fourth-order valence-corrected chi connectivity index (χ4v) is 4.85. The molecule has 0 aliphatic carbocycles. The molecule has 0 saturated carbocycles. The number of hydrogen-bond donors (Lipinski definition) is 2. The van der Waals surface area contributed by atoms with Crippen LogP contribution in [0.4, 0.5) is 20.2 Å². The Morgan fingerprint density at radius 1 is 1.15 bits per heavy atom. The number of benzene rings is 2. The second-order valence-electron chi connectivity index (χ2n) is 9.53. The molecule has 2 heterocycles. The zero-order valence-corrected chi connectivity index (χ0v) is 22.4. The van der Waals surface area contributed by atoms with Crippen LogP contribution in [0.3, 0.4) is 0 Å². The van der Waals surface area contributed by atoms with Crippen LogP contribution in [0.1, 0.15) is 43.1 Å². The lowest BCUT2D eigenvalue weighted by atomic mass is 9.87. The van der Waals surface area contributed by atoms with Gasteiger partial charge in [0.15, 0.2) is 0 Å². The second kappa shape index (κ2) is 11.4. The Morgan fingerprint density at radius 3 is 2.51 bits per heavy atom. The van der Waals surface area contributed by atoms with Crippen LogP contribution in [0, 0.1) is 11.6 Å². The minimum atomic E-state index is -0.885. The minimum absolute atomic E-state index is 0.0199. The van der Waals surface area contributed by atoms with E-state index in [9.17, 15) is 18.8 Å². The molecule has 1 fully saturated rings. The van der Waals surface area contributed by atoms with Crippen molar-refractivity contribution in [2.75, 3.05) is 36.9 Å². The lowest BCUT2D eigenvalue weighted by Crippen LogP contribution is -2.59. The van der Waals surface area contributed by atoms with E-state index in [-0.39, 0.29) is 47.1 Å². The summed E-state index contributed by atoms with van der Waals surface area (Å²) in [4.78, 5) is 39.6. The number of anilines is 2. The molecule has 206 valence electrons. The lowest BCUT2D eigenvalue weighted by molar-refractivity contribution is -0.142. The molecule has 4 rings (SSSR count). The van der Waals surface area contributed by atoms with Gasteiger partial charge in [-0.1, -0.05) is 6.92 Å². The predicted molar refractivity (Wildman–Crippen MR) is 148 cm³/mol. The highest BCUT2D eigenvalue weighted by Gasteiger charge is 2.31. The first kappa shape index (κ1) is 28.1. The Kier molecular flexibility index (Phi) is 8.24. The number of nitrogen functional groups attached to an aromatic ring is 1. The topological polar surface area (TPSA) is 116 Å². The van der Waals surface area contributed by atoms with Crippen LogP contribution >= 0.6 is 0 Å². The van der Waals surface area contributed by atoms with Crippen molar-refractivity contribution < 1.29 is 27.8 Å². The Bertz CT molecular complexity index is 1500. The third kappa shape index (κ3) is 5.47. The van der Waals surface area contributed by atoms with E-state index in [1.807, 2.05) is 4.90 Å². The van der Waals surface area contributed by atoms with Crippen LogP contribution in [0.25, 0.3) is 16.6 Å². The van der Waals surface area contributed by atoms with E-state index >= 15 is 4.39 Å². The SMILES string of the molecule is Bc1c(N2CC(NCCC)C2)c(F)cc2c(=O)c(C(=O)OCC)cn(-c3cc(N)c(F)cc3COC(C)=O)c12. The average molecular weight is 540 g/mol. The summed E-state index contributed by atoms with van der Waals surface area (Å²) in [5.41, 5.74) is 6.26. The summed E-state index contributed by atoms with van der Waals surface area (Å²) in [7, 11) is 1.69. The zero-order chi connectivity index (χ0) is 28.4. The van der Waals surface area contributed by atoms with E-state index < -0.39 is 29.0 Å². The summed E-state index contributed by atoms with van der Waals surface area (Å²) in [6.45, 7) is 6.62. The van der Waals surface area contributed by atoms with Gasteiger partial charge in [-0.15, -0.1) is 0 Å². The number of aromatic nitrogens is 1. The number of ether oxygens (including phenoxy) is 2. The summed E-state index contributed by atoms with van der Waals surface area (Å²) in [6, 6.07) is 3.77. The molecular weight excluding hydrogens is 509 g/mol. The molecule has 1 aromatic heterocycles. The fraction of sp³-hybridized carbons (Fsp3) is 0.370. The molecule has 0 amide bonds. The van der Waals surface area contributed by atoms with Crippen molar-refractivity contribution in [2.45, 2.75) is 39.8 Å². The summed E-state index contributed by atoms with van der Waals surface area (Å²) < 4.78 is 41.8. The van der Waals surface area contributed by atoms with E-state index in [1.54, 1.807) is 14.8 Å². The molecule has 1 aliphatic rings. The van der Waals surface area contributed by atoms with E-state index in [1.165, 1.54) is 23.8 Å². The maximum Gasteiger partial charge on any atom is 0.343 e. The molecule has 0 unspecified atom stereocenters. The normalized spacial score (nSPS) is 13.4. The molecule has 12 heteroatoms. The molecule has 9 nitrogen and oxygen atoms in total. The first-order valence-electron chi connectivity index (χ1n) is 12.8. The minimum Gasteiger partial charge on any atom is -0.462 e. The summed E-state index contributed by atoms with van der Waals surface area (Å²) in [5.74, 6) is -2.80. The van der Waals surface area contributed by atoms with Gasteiger partial charge in [0, 0.05) is 43.2 Å². The maximum absolute atomic E-state index is 15.6. The smallest absolute Gasteiger partial charge is 0.343 e. The Morgan fingerprint density at radius 2 is 1.87 bits per heavy atom. The lowest BCUT2D eigenvalue weighted by Gasteiger charge is -2.42. The molecule has 0 spiro atoms. The standard InChI is InChI=1S/C27H31BF2N4O5/c1-4-6-32-16-10-33(11-16)25-20(30)8-17-24(23(25)28)34(12-18(26(17)36)27(37)38-5-2)22-9-21(31)19(29)7-15(22)13-39-14(3)35/h7-9,12,16,32H,4-6,10-11,13,28,31H2,1-3H3. The highest BCUT2D eigenvalue weighted by atomic mass is 19.1. The van der Waals surface area contributed by atoms with Gasteiger partial charge in [-0.25, -0.2) is 13.6 Å². The molecule has 1 aliphatic heterocycles. The zero-order valence-electron chi connectivity index (χ0n) is 22.4. The van der Waals surface area contributed by atoms with Gasteiger partial charge >= 0.3 is 11.9 Å². The second-order valence-corrected chi connectivity index (χ2v) is 9.53. The van der Waals surface area contributed by atoms with Gasteiger partial charge in [0.25, 0.3) is 0 Å². The van der Waals surface area contributed by atoms with E-state index in [0.29, 0.717) is 29.8 Å². The summed E-state index contributed by atoms with van der Waals surface area (Å²) >= 11 is 0. The Hall–Kier alpha value is -3.93. The van der Waals surface area contributed by atoms with Crippen molar-refractivity contribution in [1.82, 2.24) is 9.88 Å². The molecular formula is C27H31BF2N4O5. The molecule has 0 bridgehead atoms. The van der Waals surface area contributed by atoms with Crippen molar-refractivity contribution in [1.29, 1.82) is 0 Å². The van der Waals surface area contributed by atoms with E-state index in [0.717, 1.165) is 25.1 Å². The first-order valence-corrected chi connectivity index (χ1v) is 12.8. The van der Waals surface area contributed by atoms with Gasteiger partial charge in [0.05, 0.1) is 29.2 Å². The maximum atomic E-state index is 15.6. The van der Waals surface area contributed by atoms with Gasteiger partial charge in [0.1, 0.15) is 31.7 Å². The van der Waals surface area contributed by atoms with Crippen LogP contribution < -0.4 is 26.8 Å².